The topological polar surface area (TPSA) is 72.0 Å². The van der Waals surface area contributed by atoms with Crippen LogP contribution in [0.15, 0.2) is 87.5 Å². The van der Waals surface area contributed by atoms with Crippen LogP contribution in [0.5, 0.6) is 11.5 Å². The molecule has 0 unspecified atom stereocenters. The second kappa shape index (κ2) is 9.57. The number of hydrogen-bond acceptors (Lipinski definition) is 5. The second-order valence-electron chi connectivity index (χ2n) is 6.74. The lowest BCUT2D eigenvalue weighted by molar-refractivity contribution is 0.373. The number of methoxy groups -OCH3 is 1. The molecule has 0 spiro atoms. The van der Waals surface area contributed by atoms with E-state index in [4.69, 9.17) is 4.74 Å². The molecule has 0 atom stereocenters. The molecule has 1 heterocycles. The highest BCUT2D eigenvalue weighted by molar-refractivity contribution is 9.10. The molecule has 8 heteroatoms. The Balaban J connectivity index is 1.73. The predicted octanol–water partition coefficient (Wildman–Crippen LogP) is 5.80. The number of hydrogen-bond donors (Lipinski definition) is 1. The Hall–Kier alpha value is -3.78. The van der Waals surface area contributed by atoms with Crippen molar-refractivity contribution >= 4 is 34.3 Å². The van der Waals surface area contributed by atoms with Crippen molar-refractivity contribution in [3.8, 4) is 22.8 Å². The van der Waals surface area contributed by atoms with Crippen molar-refractivity contribution in [1.82, 2.24) is 9.66 Å². The molecule has 1 aromatic heterocycles. The van der Waals surface area contributed by atoms with Gasteiger partial charge in [0.05, 0.1) is 25.2 Å². The van der Waals surface area contributed by atoms with Gasteiger partial charge in [-0.25, -0.2) is 19.0 Å². The lowest BCUT2D eigenvalue weighted by Gasteiger charge is -2.06. The number of benzene rings is 3. The van der Waals surface area contributed by atoms with Gasteiger partial charge in [0, 0.05) is 21.8 Å². The summed E-state index contributed by atoms with van der Waals surface area (Å²) >= 11 is 3.40. The van der Waals surface area contributed by atoms with Crippen LogP contribution in [-0.2, 0) is 0 Å². The van der Waals surface area contributed by atoms with Gasteiger partial charge in [0.2, 0.25) is 0 Å². The summed E-state index contributed by atoms with van der Waals surface area (Å²) < 4.78 is 20.6. The van der Waals surface area contributed by atoms with E-state index in [0.29, 0.717) is 23.0 Å². The van der Waals surface area contributed by atoms with E-state index in [1.54, 1.807) is 36.7 Å². The third-order valence-corrected chi connectivity index (χ3v) is 5.01. The van der Waals surface area contributed by atoms with Gasteiger partial charge >= 0.3 is 0 Å². The molecule has 3 aromatic carbocycles. The zero-order valence-corrected chi connectivity index (χ0v) is 18.6. The van der Waals surface area contributed by atoms with Crippen LogP contribution in [-0.4, -0.2) is 34.3 Å². The fourth-order valence-electron chi connectivity index (χ4n) is 2.94. The Morgan fingerprint density at radius 1 is 1.06 bits per heavy atom. The first kappa shape index (κ1) is 21.5. The number of aliphatic imine (C=N–C) groups is 1. The Morgan fingerprint density at radius 2 is 1.81 bits per heavy atom. The minimum absolute atomic E-state index is 0.0318. The second-order valence-corrected chi connectivity index (χ2v) is 7.65. The number of nitrogens with zero attached hydrogens (tertiary/aromatic N) is 4. The van der Waals surface area contributed by atoms with Crippen molar-refractivity contribution in [1.29, 1.82) is 0 Å². The Bertz CT molecular complexity index is 1290. The number of phenols is 1. The molecule has 0 radical (unpaired) electrons. The normalized spacial score (nSPS) is 11.5. The molecule has 4 rings (SSSR count). The number of phenolic OH excluding ortho intramolecular Hbond substituents is 1. The third kappa shape index (κ3) is 4.92. The monoisotopic (exact) mass is 492 g/mol. The summed E-state index contributed by atoms with van der Waals surface area (Å²) in [6.07, 6.45) is 4.83. The lowest BCUT2D eigenvalue weighted by Crippen LogP contribution is -1.92. The van der Waals surface area contributed by atoms with E-state index in [-0.39, 0.29) is 11.6 Å². The van der Waals surface area contributed by atoms with Gasteiger partial charge in [-0.3, -0.25) is 0 Å². The van der Waals surface area contributed by atoms with Gasteiger partial charge in [-0.1, -0.05) is 58.4 Å². The highest BCUT2D eigenvalue weighted by Gasteiger charge is 2.11. The molecule has 0 saturated heterocycles. The van der Waals surface area contributed by atoms with Gasteiger partial charge in [0.25, 0.3) is 5.95 Å². The highest BCUT2D eigenvalue weighted by Crippen LogP contribution is 2.33. The van der Waals surface area contributed by atoms with Crippen LogP contribution in [0.2, 0.25) is 0 Å². The Labute approximate surface area is 192 Å². The number of imidazole rings is 1. The van der Waals surface area contributed by atoms with Gasteiger partial charge in [-0.2, -0.15) is 5.10 Å². The van der Waals surface area contributed by atoms with E-state index < -0.39 is 0 Å². The first-order valence-corrected chi connectivity index (χ1v) is 10.4. The van der Waals surface area contributed by atoms with Crippen LogP contribution in [0.4, 0.5) is 10.3 Å². The summed E-state index contributed by atoms with van der Waals surface area (Å²) in [7, 11) is 1.48. The highest BCUT2D eigenvalue weighted by atomic mass is 79.9. The lowest BCUT2D eigenvalue weighted by atomic mass is 10.2. The molecular formula is C24H18BrFN4O2. The van der Waals surface area contributed by atoms with Crippen molar-refractivity contribution in [2.45, 2.75) is 0 Å². The SMILES string of the molecule is COc1cc(Br)cc(/C=N\c2nc(-c3ccccc3)cn2/N=C\c2ccc(F)cc2)c1O. The molecule has 0 aliphatic heterocycles. The molecule has 6 nitrogen and oxygen atoms in total. The summed E-state index contributed by atoms with van der Waals surface area (Å²) in [5.74, 6) is 0.283. The van der Waals surface area contributed by atoms with Crippen LogP contribution >= 0.6 is 15.9 Å². The standard InChI is InChI=1S/C24H18BrFN4O2/c1-32-22-12-19(25)11-18(23(22)31)14-27-24-29-21(17-5-3-2-4-6-17)15-30(24)28-13-16-7-9-20(26)10-8-16/h2-15,31H,1H3/b27-14-,28-13-. The first-order valence-electron chi connectivity index (χ1n) is 9.59. The molecule has 0 amide bonds. The number of halogens is 2. The maximum atomic E-state index is 13.2. The van der Waals surface area contributed by atoms with Gasteiger partial charge in [-0.15, -0.1) is 0 Å². The van der Waals surface area contributed by atoms with Crippen molar-refractivity contribution < 1.29 is 14.2 Å². The number of aromatic hydroxyl groups is 1. The molecule has 0 aliphatic carbocycles. The fraction of sp³-hybridized carbons (Fsp3) is 0.0417. The van der Waals surface area contributed by atoms with Crippen LogP contribution in [0.3, 0.4) is 0 Å². The molecule has 0 saturated carbocycles. The van der Waals surface area contributed by atoms with E-state index in [2.05, 4.69) is 31.0 Å². The summed E-state index contributed by atoms with van der Waals surface area (Å²) in [4.78, 5) is 9.03. The molecule has 160 valence electrons. The Morgan fingerprint density at radius 3 is 2.53 bits per heavy atom. The number of aromatic nitrogens is 2. The van der Waals surface area contributed by atoms with Gasteiger partial charge in [-0.05, 0) is 29.8 Å². The quantitative estimate of drug-likeness (QED) is 0.345. The molecule has 0 fully saturated rings. The predicted molar refractivity (Wildman–Crippen MR) is 127 cm³/mol. The molecule has 0 bridgehead atoms. The zero-order valence-electron chi connectivity index (χ0n) is 17.0. The fourth-order valence-corrected chi connectivity index (χ4v) is 3.39. The van der Waals surface area contributed by atoms with Gasteiger partial charge in [0.1, 0.15) is 5.82 Å². The van der Waals surface area contributed by atoms with Crippen LogP contribution in [0, 0.1) is 5.82 Å². The van der Waals surface area contributed by atoms with Crippen molar-refractivity contribution in [2.75, 3.05) is 7.11 Å². The van der Waals surface area contributed by atoms with E-state index in [0.717, 1.165) is 15.6 Å². The third-order valence-electron chi connectivity index (χ3n) is 4.55. The van der Waals surface area contributed by atoms with Gasteiger partial charge in [0.15, 0.2) is 11.5 Å². The van der Waals surface area contributed by atoms with Crippen molar-refractivity contribution in [3.05, 3.63) is 94.3 Å². The summed E-state index contributed by atoms with van der Waals surface area (Å²) in [6.45, 7) is 0. The number of rotatable bonds is 6. The first-order chi connectivity index (χ1) is 15.5. The van der Waals surface area contributed by atoms with Crippen LogP contribution in [0.25, 0.3) is 11.3 Å². The largest absolute Gasteiger partial charge is 0.504 e. The van der Waals surface area contributed by atoms with Crippen molar-refractivity contribution in [3.63, 3.8) is 0 Å². The molecule has 1 N–H and O–H groups in total. The molecular weight excluding hydrogens is 475 g/mol. The summed E-state index contributed by atoms with van der Waals surface area (Å²) in [6, 6.07) is 19.0. The summed E-state index contributed by atoms with van der Waals surface area (Å²) in [5.41, 5.74) is 2.77. The van der Waals surface area contributed by atoms with Crippen LogP contribution in [0.1, 0.15) is 11.1 Å². The van der Waals surface area contributed by atoms with Gasteiger partial charge < -0.3 is 9.84 Å². The Kier molecular flexibility index (Phi) is 6.42. The molecule has 32 heavy (non-hydrogen) atoms. The van der Waals surface area contributed by atoms with E-state index in [1.807, 2.05) is 30.3 Å². The summed E-state index contributed by atoms with van der Waals surface area (Å²) in [5, 5.41) is 14.8. The molecule has 0 aliphatic rings. The van der Waals surface area contributed by atoms with E-state index >= 15 is 0 Å². The van der Waals surface area contributed by atoms with E-state index in [1.165, 1.54) is 30.1 Å². The van der Waals surface area contributed by atoms with Crippen LogP contribution < -0.4 is 4.74 Å². The minimum atomic E-state index is -0.314. The maximum absolute atomic E-state index is 13.2. The maximum Gasteiger partial charge on any atom is 0.251 e. The minimum Gasteiger partial charge on any atom is -0.504 e. The number of ether oxygens (including phenoxy) is 1. The molecule has 4 aromatic rings. The zero-order chi connectivity index (χ0) is 22.5. The average molecular weight is 493 g/mol. The van der Waals surface area contributed by atoms with Crippen molar-refractivity contribution in [2.24, 2.45) is 10.1 Å². The smallest absolute Gasteiger partial charge is 0.251 e. The average Bonchev–Trinajstić information content (AvgIpc) is 3.22. The van der Waals surface area contributed by atoms with E-state index in [9.17, 15) is 9.50 Å².